The Kier molecular flexibility index (Phi) is 2.07. The second-order valence-electron chi connectivity index (χ2n) is 3.31. The summed E-state index contributed by atoms with van der Waals surface area (Å²) in [5.74, 6) is 0. The van der Waals surface area contributed by atoms with Crippen LogP contribution in [0.1, 0.15) is 30.0 Å². The van der Waals surface area contributed by atoms with Crippen molar-refractivity contribution in [3.8, 4) is 0 Å². The van der Waals surface area contributed by atoms with Crippen molar-refractivity contribution in [2.45, 2.75) is 25.3 Å². The maximum atomic E-state index is 6.06. The Balaban J connectivity index is 2.53. The van der Waals surface area contributed by atoms with Gasteiger partial charge in [-0.25, -0.2) is 0 Å². The lowest BCUT2D eigenvalue weighted by atomic mass is 9.88. The van der Waals surface area contributed by atoms with Crippen LogP contribution in [0, 0.1) is 0 Å². The van der Waals surface area contributed by atoms with Gasteiger partial charge in [0.15, 0.2) is 0 Å². The fraction of sp³-hybridized carbons (Fsp3) is 0.400. The van der Waals surface area contributed by atoms with Crippen molar-refractivity contribution >= 4 is 11.6 Å². The number of nitrogens with two attached hydrogens (primary N) is 1. The molecule has 0 aliphatic heterocycles. The highest BCUT2D eigenvalue weighted by Gasteiger charge is 2.18. The smallest absolute Gasteiger partial charge is 0.0456 e. The second kappa shape index (κ2) is 3.08. The molecule has 0 bridgehead atoms. The maximum absolute atomic E-state index is 6.06. The minimum Gasteiger partial charge on any atom is -0.324 e. The van der Waals surface area contributed by atoms with Crippen molar-refractivity contribution in [2.24, 2.45) is 5.73 Å². The van der Waals surface area contributed by atoms with Crippen LogP contribution < -0.4 is 5.73 Å². The van der Waals surface area contributed by atoms with E-state index in [1.165, 1.54) is 17.5 Å². The van der Waals surface area contributed by atoms with Crippen molar-refractivity contribution in [3.05, 3.63) is 34.3 Å². The standard InChI is InChI=1S/C10H12ClN/c11-8-5-1-3-7-4-2-6-9(12)10(7)8/h1,3,5,9H,2,4,6,12H2/t9-/m0/s1. The van der Waals surface area contributed by atoms with Crippen LogP contribution in [-0.2, 0) is 6.42 Å². The Morgan fingerprint density at radius 1 is 1.42 bits per heavy atom. The SMILES string of the molecule is N[C@H]1CCCc2cccc(Cl)c21. The number of hydrogen-bond donors (Lipinski definition) is 1. The Morgan fingerprint density at radius 3 is 3.00 bits per heavy atom. The van der Waals surface area contributed by atoms with E-state index in [9.17, 15) is 0 Å². The van der Waals surface area contributed by atoms with E-state index in [-0.39, 0.29) is 6.04 Å². The topological polar surface area (TPSA) is 26.0 Å². The number of aryl methyl sites for hydroxylation is 1. The molecule has 1 nitrogen and oxygen atoms in total. The van der Waals surface area contributed by atoms with Gasteiger partial charge < -0.3 is 5.73 Å². The number of rotatable bonds is 0. The Morgan fingerprint density at radius 2 is 2.25 bits per heavy atom. The van der Waals surface area contributed by atoms with Crippen molar-refractivity contribution in [1.29, 1.82) is 0 Å². The number of benzene rings is 1. The van der Waals surface area contributed by atoms with E-state index in [0.717, 1.165) is 17.9 Å². The molecule has 2 rings (SSSR count). The summed E-state index contributed by atoms with van der Waals surface area (Å²) in [6.07, 6.45) is 3.38. The molecule has 0 unspecified atom stereocenters. The predicted octanol–water partition coefficient (Wildman–Crippen LogP) is 2.68. The lowest BCUT2D eigenvalue weighted by Crippen LogP contribution is -2.17. The summed E-state index contributed by atoms with van der Waals surface area (Å²) in [5.41, 5.74) is 8.47. The van der Waals surface area contributed by atoms with Gasteiger partial charge in [-0.2, -0.15) is 0 Å². The van der Waals surface area contributed by atoms with Crippen LogP contribution >= 0.6 is 11.6 Å². The van der Waals surface area contributed by atoms with E-state index in [1.807, 2.05) is 12.1 Å². The molecule has 2 heteroatoms. The van der Waals surface area contributed by atoms with Gasteiger partial charge >= 0.3 is 0 Å². The molecule has 1 aromatic rings. The van der Waals surface area contributed by atoms with E-state index in [1.54, 1.807) is 0 Å². The van der Waals surface area contributed by atoms with Gasteiger partial charge in [-0.1, -0.05) is 23.7 Å². The summed E-state index contributed by atoms with van der Waals surface area (Å²) in [5, 5.41) is 0.833. The Labute approximate surface area is 77.5 Å². The molecule has 1 atom stereocenters. The summed E-state index contributed by atoms with van der Waals surface area (Å²) >= 11 is 6.06. The van der Waals surface area contributed by atoms with E-state index < -0.39 is 0 Å². The van der Waals surface area contributed by atoms with Gasteiger partial charge in [-0.05, 0) is 36.5 Å². The molecule has 0 amide bonds. The van der Waals surface area contributed by atoms with Crippen LogP contribution in [0.5, 0.6) is 0 Å². The fourth-order valence-corrected chi connectivity index (χ4v) is 2.21. The summed E-state index contributed by atoms with van der Waals surface area (Å²) in [7, 11) is 0. The van der Waals surface area contributed by atoms with Crippen molar-refractivity contribution in [3.63, 3.8) is 0 Å². The monoisotopic (exact) mass is 181 g/mol. The lowest BCUT2D eigenvalue weighted by molar-refractivity contribution is 0.571. The average molecular weight is 182 g/mol. The third-order valence-electron chi connectivity index (χ3n) is 2.48. The first-order valence-corrected chi connectivity index (χ1v) is 4.69. The molecule has 1 aliphatic rings. The molecule has 0 fully saturated rings. The van der Waals surface area contributed by atoms with Gasteiger partial charge in [0.2, 0.25) is 0 Å². The zero-order valence-electron chi connectivity index (χ0n) is 6.89. The average Bonchev–Trinajstić information content (AvgIpc) is 2.04. The van der Waals surface area contributed by atoms with Crippen LogP contribution in [0.25, 0.3) is 0 Å². The first-order chi connectivity index (χ1) is 5.79. The highest BCUT2D eigenvalue weighted by atomic mass is 35.5. The van der Waals surface area contributed by atoms with Crippen molar-refractivity contribution in [1.82, 2.24) is 0 Å². The molecular weight excluding hydrogens is 170 g/mol. The number of fused-ring (bicyclic) bond motifs is 1. The van der Waals surface area contributed by atoms with Gasteiger partial charge in [-0.15, -0.1) is 0 Å². The quantitative estimate of drug-likeness (QED) is 0.655. The molecule has 0 radical (unpaired) electrons. The zero-order valence-corrected chi connectivity index (χ0v) is 7.64. The summed E-state index contributed by atoms with van der Waals surface area (Å²) in [6, 6.07) is 6.20. The van der Waals surface area contributed by atoms with E-state index in [0.29, 0.717) is 0 Å². The minimum atomic E-state index is 0.155. The van der Waals surface area contributed by atoms with Gasteiger partial charge in [-0.3, -0.25) is 0 Å². The first kappa shape index (κ1) is 8.09. The third kappa shape index (κ3) is 1.23. The fourth-order valence-electron chi connectivity index (χ4n) is 1.87. The molecule has 2 N–H and O–H groups in total. The first-order valence-electron chi connectivity index (χ1n) is 4.32. The summed E-state index contributed by atoms with van der Waals surface area (Å²) in [6.45, 7) is 0. The van der Waals surface area contributed by atoms with Gasteiger partial charge in [0, 0.05) is 11.1 Å². The summed E-state index contributed by atoms with van der Waals surface area (Å²) in [4.78, 5) is 0. The largest absolute Gasteiger partial charge is 0.324 e. The minimum absolute atomic E-state index is 0.155. The zero-order chi connectivity index (χ0) is 8.55. The second-order valence-corrected chi connectivity index (χ2v) is 3.72. The Hall–Kier alpha value is -0.530. The molecular formula is C10H12ClN. The lowest BCUT2D eigenvalue weighted by Gasteiger charge is -2.22. The Bertz CT molecular complexity index is 296. The van der Waals surface area contributed by atoms with Gasteiger partial charge in [0.25, 0.3) is 0 Å². The van der Waals surface area contributed by atoms with Gasteiger partial charge in [0.05, 0.1) is 0 Å². The van der Waals surface area contributed by atoms with Crippen molar-refractivity contribution < 1.29 is 0 Å². The molecule has 1 aromatic carbocycles. The summed E-state index contributed by atoms with van der Waals surface area (Å²) < 4.78 is 0. The van der Waals surface area contributed by atoms with Gasteiger partial charge in [0.1, 0.15) is 0 Å². The molecule has 0 aromatic heterocycles. The molecule has 0 saturated heterocycles. The molecule has 64 valence electrons. The van der Waals surface area contributed by atoms with E-state index >= 15 is 0 Å². The molecule has 12 heavy (non-hydrogen) atoms. The normalized spacial score (nSPS) is 22.0. The highest BCUT2D eigenvalue weighted by molar-refractivity contribution is 6.31. The predicted molar refractivity (Wildman–Crippen MR) is 51.3 cm³/mol. The van der Waals surface area contributed by atoms with E-state index in [4.69, 9.17) is 17.3 Å². The third-order valence-corrected chi connectivity index (χ3v) is 2.80. The van der Waals surface area contributed by atoms with Crippen LogP contribution in [0.3, 0.4) is 0 Å². The van der Waals surface area contributed by atoms with Crippen LogP contribution in [0.15, 0.2) is 18.2 Å². The molecule has 0 saturated carbocycles. The van der Waals surface area contributed by atoms with E-state index in [2.05, 4.69) is 6.07 Å². The maximum Gasteiger partial charge on any atom is 0.0456 e. The van der Waals surface area contributed by atoms with Crippen molar-refractivity contribution in [2.75, 3.05) is 0 Å². The number of hydrogen-bond acceptors (Lipinski definition) is 1. The van der Waals surface area contributed by atoms with Crippen LogP contribution in [-0.4, -0.2) is 0 Å². The number of halogens is 1. The molecule has 1 aliphatic carbocycles. The van der Waals surface area contributed by atoms with Crippen LogP contribution in [0.4, 0.5) is 0 Å². The van der Waals surface area contributed by atoms with Crippen LogP contribution in [0.2, 0.25) is 5.02 Å². The highest BCUT2D eigenvalue weighted by Crippen LogP contribution is 2.32. The molecule has 0 spiro atoms. The molecule has 0 heterocycles.